The van der Waals surface area contributed by atoms with E-state index in [1.807, 2.05) is 0 Å². The van der Waals surface area contributed by atoms with Crippen molar-refractivity contribution in [3.63, 3.8) is 0 Å². The van der Waals surface area contributed by atoms with Crippen LogP contribution in [0.25, 0.3) is 0 Å². The molecule has 0 heterocycles. The fraction of sp³-hybridized carbons (Fsp3) is 0.318. The number of carbonyl (C=O) groups is 3. The number of anilines is 1. The Balaban J connectivity index is 1.84. The first kappa shape index (κ1) is 24.0. The molecule has 166 valence electrons. The fourth-order valence-electron chi connectivity index (χ4n) is 2.49. The maximum Gasteiger partial charge on any atom is 0.408 e. The van der Waals surface area contributed by atoms with Crippen LogP contribution < -0.4 is 20.7 Å². The molecule has 0 fully saturated rings. The van der Waals surface area contributed by atoms with Crippen molar-refractivity contribution in [1.29, 1.82) is 0 Å². The van der Waals surface area contributed by atoms with Gasteiger partial charge in [-0.3, -0.25) is 9.59 Å². The second-order valence-corrected chi connectivity index (χ2v) is 8.06. The van der Waals surface area contributed by atoms with Crippen molar-refractivity contribution in [3.05, 3.63) is 58.6 Å². The Kier molecular flexibility index (Phi) is 8.27. The van der Waals surface area contributed by atoms with Crippen molar-refractivity contribution in [2.75, 3.05) is 19.0 Å². The van der Waals surface area contributed by atoms with E-state index < -0.39 is 11.7 Å². The Hall–Kier alpha value is -3.26. The number of benzene rings is 2. The predicted octanol–water partition coefficient (Wildman–Crippen LogP) is 3.74. The number of hydrogen-bond donors (Lipinski definition) is 3. The summed E-state index contributed by atoms with van der Waals surface area (Å²) in [5, 5.41) is 8.30. The highest BCUT2D eigenvalue weighted by molar-refractivity contribution is 6.31. The van der Waals surface area contributed by atoms with Gasteiger partial charge >= 0.3 is 6.09 Å². The summed E-state index contributed by atoms with van der Waals surface area (Å²) < 4.78 is 10.3. The summed E-state index contributed by atoms with van der Waals surface area (Å²) in [7, 11) is 1.48. The van der Waals surface area contributed by atoms with E-state index >= 15 is 0 Å². The summed E-state index contributed by atoms with van der Waals surface area (Å²) >= 11 is 5.97. The third kappa shape index (κ3) is 8.18. The Labute approximate surface area is 186 Å². The lowest BCUT2D eigenvalue weighted by molar-refractivity contribution is -0.120. The zero-order valence-electron chi connectivity index (χ0n) is 17.9. The van der Waals surface area contributed by atoms with Crippen molar-refractivity contribution >= 4 is 35.2 Å². The number of carbonyl (C=O) groups excluding carboxylic acids is 3. The number of amides is 3. The quantitative estimate of drug-likeness (QED) is 0.599. The minimum Gasteiger partial charge on any atom is -0.496 e. The van der Waals surface area contributed by atoms with Crippen LogP contribution in [-0.2, 0) is 16.1 Å². The van der Waals surface area contributed by atoms with E-state index in [0.29, 0.717) is 22.0 Å². The number of methoxy groups -OCH3 is 1. The monoisotopic (exact) mass is 447 g/mol. The summed E-state index contributed by atoms with van der Waals surface area (Å²) in [6.45, 7) is 5.30. The molecule has 0 aliphatic carbocycles. The van der Waals surface area contributed by atoms with E-state index in [0.717, 1.165) is 5.56 Å². The molecule has 2 aromatic rings. The molecular formula is C22H26ClN3O5. The first-order valence-electron chi connectivity index (χ1n) is 9.55. The average Bonchev–Trinajstić information content (AvgIpc) is 2.70. The van der Waals surface area contributed by atoms with Crippen molar-refractivity contribution in [2.45, 2.75) is 32.9 Å². The van der Waals surface area contributed by atoms with E-state index in [-0.39, 0.29) is 24.9 Å². The highest BCUT2D eigenvalue weighted by Crippen LogP contribution is 2.23. The highest BCUT2D eigenvalue weighted by Gasteiger charge is 2.16. The Bertz CT molecular complexity index is 939. The lowest BCUT2D eigenvalue weighted by Crippen LogP contribution is -2.39. The number of halogens is 1. The molecule has 2 rings (SSSR count). The Morgan fingerprint density at radius 1 is 1.00 bits per heavy atom. The molecule has 3 N–H and O–H groups in total. The second-order valence-electron chi connectivity index (χ2n) is 7.63. The Morgan fingerprint density at radius 3 is 2.29 bits per heavy atom. The first-order valence-corrected chi connectivity index (χ1v) is 9.92. The van der Waals surface area contributed by atoms with Crippen LogP contribution in [0.1, 0.15) is 36.7 Å². The number of rotatable bonds is 7. The topological polar surface area (TPSA) is 106 Å². The molecule has 2 aromatic carbocycles. The van der Waals surface area contributed by atoms with Gasteiger partial charge in [0.25, 0.3) is 5.91 Å². The van der Waals surface area contributed by atoms with Crippen LogP contribution in [0.2, 0.25) is 5.02 Å². The molecule has 0 atom stereocenters. The lowest BCUT2D eigenvalue weighted by atomic mass is 10.1. The highest BCUT2D eigenvalue weighted by atomic mass is 35.5. The minimum atomic E-state index is -0.654. The fourth-order valence-corrected chi connectivity index (χ4v) is 2.66. The number of alkyl carbamates (subject to hydrolysis) is 1. The minimum absolute atomic E-state index is 0.190. The van der Waals surface area contributed by atoms with Crippen LogP contribution in [0.4, 0.5) is 10.5 Å². The van der Waals surface area contributed by atoms with Gasteiger partial charge in [0.1, 0.15) is 17.9 Å². The smallest absolute Gasteiger partial charge is 0.408 e. The van der Waals surface area contributed by atoms with Crippen molar-refractivity contribution in [3.8, 4) is 5.75 Å². The van der Waals surface area contributed by atoms with Gasteiger partial charge in [0.2, 0.25) is 5.91 Å². The summed E-state index contributed by atoms with van der Waals surface area (Å²) in [4.78, 5) is 36.0. The summed E-state index contributed by atoms with van der Waals surface area (Å²) in [5.74, 6) is -0.286. The number of nitrogens with one attached hydrogen (secondary N) is 3. The zero-order chi connectivity index (χ0) is 23.0. The molecule has 0 unspecified atom stereocenters. The SMILES string of the molecule is COc1ccc(Cl)cc1C(=O)Nc1ccc(CNC(=O)CNC(=O)OC(C)(C)C)cc1. The van der Waals surface area contributed by atoms with Gasteiger partial charge in [0.15, 0.2) is 0 Å². The van der Waals surface area contributed by atoms with Gasteiger partial charge in [-0.2, -0.15) is 0 Å². The zero-order valence-corrected chi connectivity index (χ0v) is 18.6. The molecule has 9 heteroatoms. The van der Waals surface area contributed by atoms with E-state index in [1.54, 1.807) is 57.2 Å². The normalized spacial score (nSPS) is 10.7. The number of hydrogen-bond acceptors (Lipinski definition) is 5. The molecule has 0 saturated carbocycles. The van der Waals surface area contributed by atoms with Gasteiger partial charge < -0.3 is 25.4 Å². The largest absolute Gasteiger partial charge is 0.496 e. The van der Waals surface area contributed by atoms with Crippen LogP contribution in [0.15, 0.2) is 42.5 Å². The maximum atomic E-state index is 12.5. The number of ether oxygens (including phenoxy) is 2. The summed E-state index contributed by atoms with van der Waals surface area (Å²) in [6, 6.07) is 11.8. The van der Waals surface area contributed by atoms with Gasteiger partial charge in [-0.1, -0.05) is 23.7 Å². The van der Waals surface area contributed by atoms with E-state index in [9.17, 15) is 14.4 Å². The summed E-state index contributed by atoms with van der Waals surface area (Å²) in [5.41, 5.74) is 1.09. The van der Waals surface area contributed by atoms with E-state index in [2.05, 4.69) is 16.0 Å². The van der Waals surface area contributed by atoms with E-state index in [1.165, 1.54) is 13.2 Å². The molecule has 0 aromatic heterocycles. The van der Waals surface area contributed by atoms with Gasteiger partial charge in [-0.15, -0.1) is 0 Å². The molecular weight excluding hydrogens is 422 g/mol. The molecule has 31 heavy (non-hydrogen) atoms. The molecule has 0 radical (unpaired) electrons. The van der Waals surface area contributed by atoms with Gasteiger partial charge in [0, 0.05) is 17.3 Å². The molecule has 0 saturated heterocycles. The average molecular weight is 448 g/mol. The first-order chi connectivity index (χ1) is 14.6. The molecule has 0 bridgehead atoms. The van der Waals surface area contributed by atoms with Gasteiger partial charge in [-0.25, -0.2) is 4.79 Å². The van der Waals surface area contributed by atoms with Gasteiger partial charge in [-0.05, 0) is 56.7 Å². The van der Waals surface area contributed by atoms with Crippen LogP contribution in [0, 0.1) is 0 Å². The molecule has 3 amide bonds. The predicted molar refractivity (Wildman–Crippen MR) is 118 cm³/mol. The molecule has 0 spiro atoms. The van der Waals surface area contributed by atoms with Crippen LogP contribution in [0.5, 0.6) is 5.75 Å². The van der Waals surface area contributed by atoms with Crippen molar-refractivity contribution < 1.29 is 23.9 Å². The van der Waals surface area contributed by atoms with E-state index in [4.69, 9.17) is 21.1 Å². The van der Waals surface area contributed by atoms with Crippen LogP contribution in [-0.4, -0.2) is 37.2 Å². The standard InChI is InChI=1S/C22H26ClN3O5/c1-22(2,3)31-21(29)25-13-19(27)24-12-14-5-8-16(9-6-14)26-20(28)17-11-15(23)7-10-18(17)30-4/h5-11H,12-13H2,1-4H3,(H,24,27)(H,25,29)(H,26,28). The second kappa shape index (κ2) is 10.7. The van der Waals surface area contributed by atoms with Crippen LogP contribution in [0.3, 0.4) is 0 Å². The van der Waals surface area contributed by atoms with Gasteiger partial charge in [0.05, 0.1) is 12.7 Å². The van der Waals surface area contributed by atoms with Crippen molar-refractivity contribution in [1.82, 2.24) is 10.6 Å². The maximum absolute atomic E-state index is 12.5. The van der Waals surface area contributed by atoms with Crippen molar-refractivity contribution in [2.24, 2.45) is 0 Å². The van der Waals surface area contributed by atoms with Crippen LogP contribution >= 0.6 is 11.6 Å². The molecule has 0 aliphatic rings. The summed E-state index contributed by atoms with van der Waals surface area (Å²) in [6.07, 6.45) is -0.654. The molecule has 0 aliphatic heterocycles. The third-order valence-electron chi connectivity index (χ3n) is 3.90. The third-order valence-corrected chi connectivity index (χ3v) is 4.13. The molecule has 8 nitrogen and oxygen atoms in total. The Morgan fingerprint density at radius 2 is 1.68 bits per heavy atom. The lowest BCUT2D eigenvalue weighted by Gasteiger charge is -2.19.